The van der Waals surface area contributed by atoms with Gasteiger partial charge < -0.3 is 23.7 Å². The molecule has 0 N–H and O–H groups in total. The van der Waals surface area contributed by atoms with Gasteiger partial charge in [-0.1, -0.05) is 12.1 Å². The number of ketones is 1. The van der Waals surface area contributed by atoms with E-state index in [9.17, 15) is 9.59 Å². The average molecular weight is 358 g/mol. The van der Waals surface area contributed by atoms with Gasteiger partial charge in [-0.2, -0.15) is 0 Å². The van der Waals surface area contributed by atoms with Crippen LogP contribution >= 0.6 is 0 Å². The van der Waals surface area contributed by atoms with Crippen LogP contribution in [0, 0.1) is 0 Å². The van der Waals surface area contributed by atoms with Crippen LogP contribution < -0.4 is 18.9 Å². The van der Waals surface area contributed by atoms with Crippen molar-refractivity contribution in [2.75, 3.05) is 27.4 Å². The van der Waals surface area contributed by atoms with E-state index in [0.29, 0.717) is 23.0 Å². The van der Waals surface area contributed by atoms with Crippen LogP contribution in [0.4, 0.5) is 0 Å². The summed E-state index contributed by atoms with van der Waals surface area (Å²) in [7, 11) is 2.95. The zero-order valence-corrected chi connectivity index (χ0v) is 14.4. The molecule has 0 spiro atoms. The molecule has 0 bridgehead atoms. The summed E-state index contributed by atoms with van der Waals surface area (Å²) in [6, 6.07) is 11.8. The van der Waals surface area contributed by atoms with E-state index in [-0.39, 0.29) is 12.2 Å². The zero-order valence-electron chi connectivity index (χ0n) is 14.4. The first-order valence-electron chi connectivity index (χ1n) is 7.92. The molecule has 0 radical (unpaired) electrons. The van der Waals surface area contributed by atoms with E-state index in [2.05, 4.69) is 0 Å². The number of esters is 1. The zero-order chi connectivity index (χ0) is 18.5. The molecule has 0 saturated heterocycles. The summed E-state index contributed by atoms with van der Waals surface area (Å²) in [4.78, 5) is 24.6. The van der Waals surface area contributed by atoms with Crippen molar-refractivity contribution in [3.63, 3.8) is 0 Å². The van der Waals surface area contributed by atoms with E-state index in [1.165, 1.54) is 20.3 Å². The summed E-state index contributed by atoms with van der Waals surface area (Å²) < 4.78 is 26.4. The van der Waals surface area contributed by atoms with Crippen LogP contribution in [-0.4, -0.2) is 45.3 Å². The summed E-state index contributed by atoms with van der Waals surface area (Å²) in [5, 5.41) is 0. The fraction of sp³-hybridized carbons (Fsp3) is 0.263. The molecule has 7 nitrogen and oxygen atoms in total. The molecule has 1 aliphatic heterocycles. The lowest BCUT2D eigenvalue weighted by Crippen LogP contribution is -2.38. The molecule has 0 fully saturated rings. The molecule has 1 aliphatic rings. The molecule has 7 heteroatoms. The lowest BCUT2D eigenvalue weighted by atomic mass is 10.1. The summed E-state index contributed by atoms with van der Waals surface area (Å²) in [6.45, 7) is -0.420. The minimum atomic E-state index is -0.926. The van der Waals surface area contributed by atoms with Crippen LogP contribution in [0.15, 0.2) is 42.5 Å². The number of hydrogen-bond acceptors (Lipinski definition) is 7. The largest absolute Gasteiger partial charge is 0.497 e. The Balaban J connectivity index is 1.62. The number of carbonyl (C=O) groups is 2. The van der Waals surface area contributed by atoms with E-state index >= 15 is 0 Å². The Hall–Kier alpha value is -3.22. The molecule has 26 heavy (non-hydrogen) atoms. The van der Waals surface area contributed by atoms with E-state index in [1.54, 1.807) is 36.4 Å². The fourth-order valence-electron chi connectivity index (χ4n) is 2.48. The monoisotopic (exact) mass is 358 g/mol. The second-order valence-electron chi connectivity index (χ2n) is 5.46. The van der Waals surface area contributed by atoms with Crippen LogP contribution in [0.2, 0.25) is 0 Å². The van der Waals surface area contributed by atoms with Crippen molar-refractivity contribution in [1.82, 2.24) is 0 Å². The van der Waals surface area contributed by atoms with Gasteiger partial charge >= 0.3 is 5.97 Å². The highest BCUT2D eigenvalue weighted by molar-refractivity contribution is 6.00. The number of benzene rings is 2. The highest BCUT2D eigenvalue weighted by Gasteiger charge is 2.29. The van der Waals surface area contributed by atoms with Gasteiger partial charge in [0.2, 0.25) is 11.9 Å². The van der Waals surface area contributed by atoms with Gasteiger partial charge in [0.25, 0.3) is 0 Å². The number of methoxy groups -OCH3 is 2. The minimum Gasteiger partial charge on any atom is -0.497 e. The van der Waals surface area contributed by atoms with Gasteiger partial charge in [0.15, 0.2) is 18.1 Å². The van der Waals surface area contributed by atoms with E-state index in [1.807, 2.05) is 0 Å². The van der Waals surface area contributed by atoms with Crippen molar-refractivity contribution < 1.29 is 33.3 Å². The van der Waals surface area contributed by atoms with Gasteiger partial charge in [-0.05, 0) is 30.3 Å². The molecule has 136 valence electrons. The molecule has 1 atom stereocenters. The maximum atomic E-state index is 12.4. The highest BCUT2D eigenvalue weighted by Crippen LogP contribution is 2.31. The molecule has 0 amide bonds. The highest BCUT2D eigenvalue weighted by atomic mass is 16.6. The lowest BCUT2D eigenvalue weighted by molar-refractivity contribution is -0.153. The number of fused-ring (bicyclic) bond motifs is 1. The summed E-state index contributed by atoms with van der Waals surface area (Å²) in [6.07, 6.45) is -0.926. The molecule has 0 aromatic heterocycles. The van der Waals surface area contributed by atoms with Crippen LogP contribution in [0.1, 0.15) is 10.4 Å². The van der Waals surface area contributed by atoms with Crippen molar-refractivity contribution >= 4 is 11.8 Å². The van der Waals surface area contributed by atoms with Crippen LogP contribution in [0.5, 0.6) is 23.0 Å². The topological polar surface area (TPSA) is 80.3 Å². The molecule has 3 rings (SSSR count). The van der Waals surface area contributed by atoms with Crippen molar-refractivity contribution in [2.24, 2.45) is 0 Å². The average Bonchev–Trinajstić information content (AvgIpc) is 2.70. The summed E-state index contributed by atoms with van der Waals surface area (Å²) in [5.74, 6) is 0.815. The van der Waals surface area contributed by atoms with Crippen molar-refractivity contribution in [1.29, 1.82) is 0 Å². The Morgan fingerprint density at radius 3 is 2.58 bits per heavy atom. The predicted molar refractivity (Wildman–Crippen MR) is 91.2 cm³/mol. The number of carbonyl (C=O) groups excluding carboxylic acids is 2. The van der Waals surface area contributed by atoms with Gasteiger partial charge in [-0.25, -0.2) is 4.79 Å². The van der Waals surface area contributed by atoms with Crippen LogP contribution in [-0.2, 0) is 9.53 Å². The van der Waals surface area contributed by atoms with Crippen LogP contribution in [0.25, 0.3) is 0 Å². The molecule has 1 heterocycles. The Morgan fingerprint density at radius 1 is 1.08 bits per heavy atom. The summed E-state index contributed by atoms with van der Waals surface area (Å²) >= 11 is 0. The van der Waals surface area contributed by atoms with Crippen LogP contribution in [0.3, 0.4) is 0 Å². The first-order chi connectivity index (χ1) is 12.6. The quantitative estimate of drug-likeness (QED) is 0.579. The second-order valence-corrected chi connectivity index (χ2v) is 5.46. The van der Waals surface area contributed by atoms with E-state index in [0.717, 1.165) is 0 Å². The number of Topliss-reactive ketones (excluding diaryl/α,β-unsaturated/α-hetero) is 1. The summed E-state index contributed by atoms with van der Waals surface area (Å²) in [5.41, 5.74) is 0.269. The Bertz CT molecular complexity index is 815. The smallest absolute Gasteiger partial charge is 0.351 e. The van der Waals surface area contributed by atoms with Gasteiger partial charge in [0.05, 0.1) is 19.8 Å². The number of ether oxygens (including phenoxy) is 5. The number of rotatable bonds is 6. The number of hydrogen-bond donors (Lipinski definition) is 0. The maximum Gasteiger partial charge on any atom is 0.351 e. The molecule has 0 unspecified atom stereocenters. The molecule has 0 aliphatic carbocycles. The first-order valence-corrected chi connectivity index (χ1v) is 7.92. The molecular formula is C19H18O7. The molecule has 2 aromatic rings. The standard InChI is InChI=1S/C19H18O7/c1-22-12-7-8-15(23-2)13(9-12)14(20)10-25-19(21)18-11-24-16-5-3-4-6-17(16)26-18/h3-9,18H,10-11H2,1-2H3/t18-/m1/s1. The van der Waals surface area contributed by atoms with E-state index < -0.39 is 24.5 Å². The Morgan fingerprint density at radius 2 is 1.85 bits per heavy atom. The lowest BCUT2D eigenvalue weighted by Gasteiger charge is -2.24. The van der Waals surface area contributed by atoms with Crippen molar-refractivity contribution in [3.05, 3.63) is 48.0 Å². The SMILES string of the molecule is COc1ccc(OC)c(C(=O)COC(=O)[C@H]2COc3ccccc3O2)c1. The third kappa shape index (κ3) is 3.72. The van der Waals surface area contributed by atoms with Gasteiger partial charge in [0.1, 0.15) is 18.1 Å². The number of para-hydroxylation sites is 2. The molecular weight excluding hydrogens is 340 g/mol. The Kier molecular flexibility index (Phi) is 5.26. The second kappa shape index (κ2) is 7.77. The normalized spacial score (nSPS) is 15.1. The van der Waals surface area contributed by atoms with Gasteiger partial charge in [0, 0.05) is 0 Å². The van der Waals surface area contributed by atoms with E-state index in [4.69, 9.17) is 23.7 Å². The first kappa shape index (κ1) is 17.6. The van der Waals surface area contributed by atoms with Crippen molar-refractivity contribution in [3.8, 4) is 23.0 Å². The van der Waals surface area contributed by atoms with Gasteiger partial charge in [-0.15, -0.1) is 0 Å². The molecule has 2 aromatic carbocycles. The third-order valence-corrected chi connectivity index (χ3v) is 3.82. The van der Waals surface area contributed by atoms with Gasteiger partial charge in [-0.3, -0.25) is 4.79 Å². The maximum absolute atomic E-state index is 12.4. The molecule has 0 saturated carbocycles. The third-order valence-electron chi connectivity index (χ3n) is 3.82. The Labute approximate surface area is 150 Å². The minimum absolute atomic E-state index is 0.0204. The predicted octanol–water partition coefficient (Wildman–Crippen LogP) is 2.27. The fourth-order valence-corrected chi connectivity index (χ4v) is 2.48. The van der Waals surface area contributed by atoms with Crippen molar-refractivity contribution in [2.45, 2.75) is 6.10 Å².